The number of carbonyl (C=O) groups is 2. The number of aliphatic hydroxyl groups excluding tert-OH is 1. The van der Waals surface area contributed by atoms with Gasteiger partial charge in [-0.05, 0) is 67.0 Å². The lowest BCUT2D eigenvalue weighted by molar-refractivity contribution is -0.117. The van der Waals surface area contributed by atoms with E-state index in [1.165, 1.54) is 29.4 Å². The topological polar surface area (TPSA) is 66.4 Å². The van der Waals surface area contributed by atoms with Crippen molar-refractivity contribution in [2.24, 2.45) is 0 Å². The van der Waals surface area contributed by atoms with Gasteiger partial charge in [0.15, 0.2) is 5.78 Å². The molecule has 0 aliphatic rings. The summed E-state index contributed by atoms with van der Waals surface area (Å²) in [5.74, 6) is 4.95. The number of amides is 1. The van der Waals surface area contributed by atoms with Crippen LogP contribution in [0.15, 0.2) is 60.7 Å². The van der Waals surface area contributed by atoms with Crippen LogP contribution < -0.4 is 5.32 Å². The van der Waals surface area contributed by atoms with Gasteiger partial charge < -0.3 is 10.4 Å². The highest BCUT2D eigenvalue weighted by atomic mass is 16.3. The Bertz CT molecular complexity index is 959. The number of carbonyl (C=O) groups excluding carboxylic acids is 2. The highest BCUT2D eigenvalue weighted by molar-refractivity contribution is 6.02. The normalized spacial score (nSPS) is 10.6. The molecule has 0 aliphatic carbocycles. The number of aliphatic hydroxyl groups is 1. The molecule has 0 saturated heterocycles. The first-order valence-electron chi connectivity index (χ1n) is 8.46. The molecule has 2 N–H and O–H groups in total. The molecule has 4 nitrogen and oxygen atoms in total. The van der Waals surface area contributed by atoms with E-state index in [2.05, 4.69) is 17.2 Å². The first-order chi connectivity index (χ1) is 13.0. The lowest BCUT2D eigenvalue weighted by Gasteiger charge is -2.03. The van der Waals surface area contributed by atoms with Crippen molar-refractivity contribution in [2.75, 3.05) is 11.9 Å². The van der Waals surface area contributed by atoms with Crippen molar-refractivity contribution in [3.05, 3.63) is 82.9 Å². The van der Waals surface area contributed by atoms with E-state index in [1.54, 1.807) is 30.3 Å². The number of rotatable bonds is 5. The highest BCUT2D eigenvalue weighted by Crippen LogP contribution is 2.12. The highest BCUT2D eigenvalue weighted by Gasteiger charge is 1.99. The Hall–Kier alpha value is -3.42. The van der Waals surface area contributed by atoms with Gasteiger partial charge in [0.1, 0.15) is 6.61 Å². The largest absolute Gasteiger partial charge is 0.388 e. The van der Waals surface area contributed by atoms with Crippen LogP contribution in [0.4, 0.5) is 5.69 Å². The van der Waals surface area contributed by atoms with Crippen LogP contribution in [0.5, 0.6) is 0 Å². The third-order valence-electron chi connectivity index (χ3n) is 3.81. The Morgan fingerprint density at radius 3 is 2.63 bits per heavy atom. The van der Waals surface area contributed by atoms with Gasteiger partial charge in [-0.25, -0.2) is 0 Å². The minimum absolute atomic E-state index is 0.230. The summed E-state index contributed by atoms with van der Waals surface area (Å²) >= 11 is 0. The summed E-state index contributed by atoms with van der Waals surface area (Å²) in [6, 6.07) is 13.1. The minimum atomic E-state index is -0.532. The molecule has 0 fully saturated rings. The summed E-state index contributed by atoms with van der Waals surface area (Å²) in [4.78, 5) is 23.1. The molecule has 2 rings (SSSR count). The molecule has 1 amide bonds. The maximum Gasteiger partial charge on any atom is 0.248 e. The molecule has 2 aromatic rings. The number of hydrogen-bond acceptors (Lipinski definition) is 3. The Balaban J connectivity index is 2.00. The fraction of sp³-hybridized carbons (Fsp3) is 0.130. The molecular formula is C23H21NO3. The van der Waals surface area contributed by atoms with Gasteiger partial charge in [0.2, 0.25) is 5.91 Å². The second-order valence-corrected chi connectivity index (χ2v) is 5.97. The number of aryl methyl sites for hydroxylation is 2. The van der Waals surface area contributed by atoms with Crippen molar-refractivity contribution >= 4 is 23.5 Å². The quantitative estimate of drug-likeness (QED) is 0.635. The van der Waals surface area contributed by atoms with Crippen LogP contribution in [0.3, 0.4) is 0 Å². The average molecular weight is 359 g/mol. The molecule has 27 heavy (non-hydrogen) atoms. The van der Waals surface area contributed by atoms with Crippen LogP contribution in [-0.2, 0) is 9.59 Å². The van der Waals surface area contributed by atoms with Gasteiger partial charge in [0.25, 0.3) is 0 Å². The van der Waals surface area contributed by atoms with Crippen molar-refractivity contribution in [3.8, 4) is 11.8 Å². The number of benzene rings is 2. The molecule has 0 aliphatic heterocycles. The van der Waals surface area contributed by atoms with Crippen molar-refractivity contribution in [3.63, 3.8) is 0 Å². The van der Waals surface area contributed by atoms with E-state index in [-0.39, 0.29) is 5.91 Å². The van der Waals surface area contributed by atoms with Gasteiger partial charge in [0.05, 0.1) is 0 Å². The monoisotopic (exact) mass is 359 g/mol. The Kier molecular flexibility index (Phi) is 7.30. The average Bonchev–Trinajstić information content (AvgIpc) is 2.66. The fourth-order valence-electron chi connectivity index (χ4n) is 2.21. The number of hydrogen-bond donors (Lipinski definition) is 2. The maximum absolute atomic E-state index is 12.1. The molecule has 0 heterocycles. The number of nitrogens with one attached hydrogen (secondary N) is 1. The molecule has 0 unspecified atom stereocenters. The van der Waals surface area contributed by atoms with Gasteiger partial charge in [0, 0.05) is 17.3 Å². The minimum Gasteiger partial charge on any atom is -0.388 e. The number of ketones is 1. The third-order valence-corrected chi connectivity index (χ3v) is 3.81. The standard InChI is InChI=1S/C23H21NO3/c1-17-10-11-20(14-18(17)2)12-13-23(27)24-21-8-5-7-19(15-21)6-3-4-9-22(26)16-25/h4-5,7-15,25H,16H2,1-2H3,(H,24,27)/b9-4+,13-12+. The number of allylic oxidation sites excluding steroid dienone is 1. The SMILES string of the molecule is Cc1ccc(/C=C/C(=O)Nc2cccc(C#C/C=C/C(=O)CO)c2)cc1C. The van der Waals surface area contributed by atoms with Gasteiger partial charge in [-0.3, -0.25) is 9.59 Å². The lowest BCUT2D eigenvalue weighted by Crippen LogP contribution is -2.07. The van der Waals surface area contributed by atoms with E-state index in [9.17, 15) is 9.59 Å². The van der Waals surface area contributed by atoms with Crippen LogP contribution in [0.2, 0.25) is 0 Å². The van der Waals surface area contributed by atoms with Crippen LogP contribution in [0.1, 0.15) is 22.3 Å². The molecule has 0 atom stereocenters. The third kappa shape index (κ3) is 6.77. The summed E-state index contributed by atoms with van der Waals surface area (Å²) < 4.78 is 0. The van der Waals surface area contributed by atoms with E-state index in [0.717, 1.165) is 5.56 Å². The van der Waals surface area contributed by atoms with Gasteiger partial charge in [-0.1, -0.05) is 36.1 Å². The van der Waals surface area contributed by atoms with Crippen molar-refractivity contribution < 1.29 is 14.7 Å². The fourth-order valence-corrected chi connectivity index (χ4v) is 2.21. The van der Waals surface area contributed by atoms with Crippen molar-refractivity contribution in [1.82, 2.24) is 0 Å². The van der Waals surface area contributed by atoms with Gasteiger partial charge in [-0.2, -0.15) is 0 Å². The second-order valence-electron chi connectivity index (χ2n) is 5.97. The Morgan fingerprint density at radius 1 is 1.07 bits per heavy atom. The van der Waals surface area contributed by atoms with E-state index >= 15 is 0 Å². The van der Waals surface area contributed by atoms with Crippen LogP contribution in [0, 0.1) is 25.7 Å². The van der Waals surface area contributed by atoms with Crippen molar-refractivity contribution in [1.29, 1.82) is 0 Å². The summed E-state index contributed by atoms with van der Waals surface area (Å²) in [7, 11) is 0. The maximum atomic E-state index is 12.1. The molecule has 0 radical (unpaired) electrons. The van der Waals surface area contributed by atoms with E-state index in [0.29, 0.717) is 11.3 Å². The molecule has 0 spiro atoms. The van der Waals surface area contributed by atoms with Crippen LogP contribution >= 0.6 is 0 Å². The molecular weight excluding hydrogens is 338 g/mol. The lowest BCUT2D eigenvalue weighted by atomic mass is 10.1. The Morgan fingerprint density at radius 2 is 1.89 bits per heavy atom. The van der Waals surface area contributed by atoms with E-state index < -0.39 is 12.4 Å². The number of anilines is 1. The Labute approximate surface area is 159 Å². The van der Waals surface area contributed by atoms with Gasteiger partial charge in [-0.15, -0.1) is 0 Å². The smallest absolute Gasteiger partial charge is 0.248 e. The van der Waals surface area contributed by atoms with Crippen LogP contribution in [0.25, 0.3) is 6.08 Å². The zero-order valence-electron chi connectivity index (χ0n) is 15.3. The molecule has 0 bridgehead atoms. The first kappa shape index (κ1) is 19.9. The summed E-state index contributed by atoms with van der Waals surface area (Å²) in [6.07, 6.45) is 5.87. The molecule has 136 valence electrons. The van der Waals surface area contributed by atoms with E-state index in [1.807, 2.05) is 32.0 Å². The van der Waals surface area contributed by atoms with Crippen LogP contribution in [-0.4, -0.2) is 23.4 Å². The first-order valence-corrected chi connectivity index (χ1v) is 8.46. The summed E-state index contributed by atoms with van der Waals surface area (Å²) in [5, 5.41) is 11.4. The zero-order valence-corrected chi connectivity index (χ0v) is 15.3. The summed E-state index contributed by atoms with van der Waals surface area (Å²) in [6.45, 7) is 3.55. The molecule has 0 aromatic heterocycles. The predicted octanol–water partition coefficient (Wildman–Crippen LogP) is 3.42. The van der Waals surface area contributed by atoms with Gasteiger partial charge >= 0.3 is 0 Å². The zero-order chi connectivity index (χ0) is 19.6. The van der Waals surface area contributed by atoms with Crippen molar-refractivity contribution in [2.45, 2.75) is 13.8 Å². The molecule has 2 aromatic carbocycles. The summed E-state index contributed by atoms with van der Waals surface area (Å²) in [5.41, 5.74) is 4.69. The van der Waals surface area contributed by atoms with E-state index in [4.69, 9.17) is 5.11 Å². The molecule has 0 saturated carbocycles. The second kappa shape index (κ2) is 9.91. The predicted molar refractivity (Wildman–Crippen MR) is 108 cm³/mol. The molecule has 4 heteroatoms.